The summed E-state index contributed by atoms with van der Waals surface area (Å²) < 4.78 is 0. The van der Waals surface area contributed by atoms with Crippen LogP contribution in [0.5, 0.6) is 0 Å². The van der Waals surface area contributed by atoms with Crippen molar-refractivity contribution in [1.29, 1.82) is 0 Å². The molecule has 3 aromatic rings. The topological polar surface area (TPSA) is 67.8 Å². The predicted molar refractivity (Wildman–Crippen MR) is 84.7 cm³/mol. The van der Waals surface area contributed by atoms with Crippen molar-refractivity contribution in [1.82, 2.24) is 15.2 Å². The highest BCUT2D eigenvalue weighted by atomic mass is 35.5. The van der Waals surface area contributed by atoms with Crippen molar-refractivity contribution in [2.45, 2.75) is 0 Å². The van der Waals surface area contributed by atoms with Gasteiger partial charge in [0.05, 0.1) is 5.69 Å². The summed E-state index contributed by atoms with van der Waals surface area (Å²) >= 11 is 5.87. The summed E-state index contributed by atoms with van der Waals surface area (Å²) in [4.78, 5) is 16.3. The van der Waals surface area contributed by atoms with E-state index in [1.54, 1.807) is 42.6 Å². The fourth-order valence-electron chi connectivity index (χ4n) is 1.87. The molecule has 0 aliphatic rings. The van der Waals surface area contributed by atoms with Crippen LogP contribution >= 0.6 is 11.6 Å². The van der Waals surface area contributed by atoms with Crippen molar-refractivity contribution in [3.05, 3.63) is 71.4 Å². The van der Waals surface area contributed by atoms with E-state index >= 15 is 0 Å². The number of halogens is 1. The molecule has 0 atom stereocenters. The van der Waals surface area contributed by atoms with Gasteiger partial charge in [-0.3, -0.25) is 9.78 Å². The van der Waals surface area contributed by atoms with Gasteiger partial charge in [-0.25, -0.2) is 0 Å². The number of carbonyl (C=O) groups excluding carboxylic acids is 1. The average molecular weight is 311 g/mol. The molecular weight excluding hydrogens is 300 g/mol. The van der Waals surface area contributed by atoms with Gasteiger partial charge in [0.15, 0.2) is 5.82 Å². The van der Waals surface area contributed by atoms with E-state index in [0.29, 0.717) is 22.1 Å². The van der Waals surface area contributed by atoms with Crippen molar-refractivity contribution in [2.75, 3.05) is 5.32 Å². The highest BCUT2D eigenvalue weighted by Gasteiger charge is 2.08. The van der Waals surface area contributed by atoms with Crippen LogP contribution in [0.15, 0.2) is 60.8 Å². The highest BCUT2D eigenvalue weighted by molar-refractivity contribution is 6.31. The Hall–Kier alpha value is -2.79. The van der Waals surface area contributed by atoms with Gasteiger partial charge in [0.1, 0.15) is 5.69 Å². The van der Waals surface area contributed by atoms with Crippen LogP contribution < -0.4 is 5.32 Å². The van der Waals surface area contributed by atoms with Crippen molar-refractivity contribution in [3.8, 4) is 11.4 Å². The molecule has 0 saturated heterocycles. The van der Waals surface area contributed by atoms with Crippen molar-refractivity contribution >= 4 is 23.3 Å². The minimum absolute atomic E-state index is 0.289. The summed E-state index contributed by atoms with van der Waals surface area (Å²) in [5, 5.41) is 11.2. The van der Waals surface area contributed by atoms with Gasteiger partial charge in [-0.2, -0.15) is 0 Å². The summed E-state index contributed by atoms with van der Waals surface area (Å²) in [6.07, 6.45) is 1.69. The standard InChI is InChI=1S/C16H11ClN4O/c17-12-5-3-4-11(10-12)16(22)19-15-8-7-14(20-21-15)13-6-1-2-9-18-13/h1-10H,(H,19,21,22). The van der Waals surface area contributed by atoms with Gasteiger partial charge in [-0.15, -0.1) is 10.2 Å². The zero-order valence-electron chi connectivity index (χ0n) is 11.4. The summed E-state index contributed by atoms with van der Waals surface area (Å²) in [6.45, 7) is 0. The number of aromatic nitrogens is 3. The Bertz CT molecular complexity index is 791. The second-order valence-electron chi connectivity index (χ2n) is 4.48. The first-order valence-electron chi connectivity index (χ1n) is 6.54. The van der Waals surface area contributed by atoms with Crippen LogP contribution in [0, 0.1) is 0 Å². The maximum Gasteiger partial charge on any atom is 0.256 e. The molecule has 22 heavy (non-hydrogen) atoms. The first-order chi connectivity index (χ1) is 10.7. The molecule has 0 aliphatic heterocycles. The lowest BCUT2D eigenvalue weighted by Gasteiger charge is -2.05. The molecule has 108 valence electrons. The minimum atomic E-state index is -0.289. The number of anilines is 1. The number of carbonyl (C=O) groups is 1. The van der Waals surface area contributed by atoms with E-state index in [2.05, 4.69) is 20.5 Å². The molecule has 2 aromatic heterocycles. The minimum Gasteiger partial charge on any atom is -0.305 e. The highest BCUT2D eigenvalue weighted by Crippen LogP contribution is 2.15. The lowest BCUT2D eigenvalue weighted by atomic mass is 10.2. The fraction of sp³-hybridized carbons (Fsp3) is 0. The number of hydrogen-bond acceptors (Lipinski definition) is 4. The van der Waals surface area contributed by atoms with Gasteiger partial charge < -0.3 is 5.32 Å². The predicted octanol–water partition coefficient (Wildman–Crippen LogP) is 3.44. The van der Waals surface area contributed by atoms with E-state index in [9.17, 15) is 4.79 Å². The zero-order chi connectivity index (χ0) is 15.4. The van der Waals surface area contributed by atoms with Crippen molar-refractivity contribution < 1.29 is 4.79 Å². The second-order valence-corrected chi connectivity index (χ2v) is 4.92. The van der Waals surface area contributed by atoms with E-state index < -0.39 is 0 Å². The van der Waals surface area contributed by atoms with Crippen LogP contribution in [-0.2, 0) is 0 Å². The number of nitrogens with one attached hydrogen (secondary N) is 1. The van der Waals surface area contributed by atoms with Crippen LogP contribution in [0.25, 0.3) is 11.4 Å². The monoisotopic (exact) mass is 310 g/mol. The average Bonchev–Trinajstić information content (AvgIpc) is 2.56. The Morgan fingerprint density at radius 3 is 2.55 bits per heavy atom. The number of benzene rings is 1. The van der Waals surface area contributed by atoms with Gasteiger partial charge in [0.2, 0.25) is 0 Å². The Balaban J connectivity index is 1.75. The first kappa shape index (κ1) is 14.2. The Labute approximate surface area is 132 Å². The molecule has 1 amide bonds. The van der Waals surface area contributed by atoms with E-state index in [1.165, 1.54) is 0 Å². The zero-order valence-corrected chi connectivity index (χ0v) is 12.2. The van der Waals surface area contributed by atoms with Crippen molar-refractivity contribution in [2.24, 2.45) is 0 Å². The van der Waals surface area contributed by atoms with Crippen LogP contribution in [0.3, 0.4) is 0 Å². The van der Waals surface area contributed by atoms with Crippen LogP contribution in [0.4, 0.5) is 5.82 Å². The third-order valence-corrected chi connectivity index (χ3v) is 3.16. The first-order valence-corrected chi connectivity index (χ1v) is 6.92. The van der Waals surface area contributed by atoms with Crippen LogP contribution in [0.2, 0.25) is 5.02 Å². The van der Waals surface area contributed by atoms with Crippen molar-refractivity contribution in [3.63, 3.8) is 0 Å². The van der Waals surface area contributed by atoms with Crippen LogP contribution in [-0.4, -0.2) is 21.1 Å². The number of rotatable bonds is 3. The van der Waals surface area contributed by atoms with Gasteiger partial charge in [-0.05, 0) is 42.5 Å². The summed E-state index contributed by atoms with van der Waals surface area (Å²) in [7, 11) is 0. The van der Waals surface area contributed by atoms with E-state index in [-0.39, 0.29) is 5.91 Å². The van der Waals surface area contributed by atoms with Gasteiger partial charge >= 0.3 is 0 Å². The molecule has 0 saturated carbocycles. The Kier molecular flexibility index (Phi) is 4.07. The molecule has 3 rings (SSSR count). The lowest BCUT2D eigenvalue weighted by Crippen LogP contribution is -2.13. The third-order valence-electron chi connectivity index (χ3n) is 2.92. The van der Waals surface area contributed by atoms with Crippen LogP contribution in [0.1, 0.15) is 10.4 Å². The molecule has 1 N–H and O–H groups in total. The molecule has 5 nitrogen and oxygen atoms in total. The molecule has 0 radical (unpaired) electrons. The SMILES string of the molecule is O=C(Nc1ccc(-c2ccccn2)nn1)c1cccc(Cl)c1. The van der Waals surface area contributed by atoms with E-state index in [4.69, 9.17) is 11.6 Å². The molecule has 0 fully saturated rings. The number of pyridine rings is 1. The molecule has 0 aliphatic carbocycles. The Morgan fingerprint density at radius 2 is 1.86 bits per heavy atom. The maximum atomic E-state index is 12.1. The number of hydrogen-bond donors (Lipinski definition) is 1. The lowest BCUT2D eigenvalue weighted by molar-refractivity contribution is 0.102. The largest absolute Gasteiger partial charge is 0.305 e. The summed E-state index contributed by atoms with van der Waals surface area (Å²) in [6, 6.07) is 15.7. The molecule has 0 spiro atoms. The second kappa shape index (κ2) is 6.32. The van der Waals surface area contributed by atoms with E-state index in [1.807, 2.05) is 18.2 Å². The molecule has 0 unspecified atom stereocenters. The van der Waals surface area contributed by atoms with E-state index in [0.717, 1.165) is 5.69 Å². The molecular formula is C16H11ClN4O. The fourth-order valence-corrected chi connectivity index (χ4v) is 2.06. The quantitative estimate of drug-likeness (QED) is 0.804. The summed E-state index contributed by atoms with van der Waals surface area (Å²) in [5.41, 5.74) is 1.83. The normalized spacial score (nSPS) is 10.2. The maximum absolute atomic E-state index is 12.1. The molecule has 0 bridgehead atoms. The number of nitrogens with zero attached hydrogens (tertiary/aromatic N) is 3. The van der Waals surface area contributed by atoms with Gasteiger partial charge in [0, 0.05) is 16.8 Å². The van der Waals surface area contributed by atoms with Gasteiger partial charge in [0.25, 0.3) is 5.91 Å². The van der Waals surface area contributed by atoms with Gasteiger partial charge in [-0.1, -0.05) is 23.7 Å². The summed E-state index contributed by atoms with van der Waals surface area (Å²) in [5.74, 6) is 0.0760. The Morgan fingerprint density at radius 1 is 0.955 bits per heavy atom. The molecule has 1 aromatic carbocycles. The number of amides is 1. The molecule has 2 heterocycles. The third kappa shape index (κ3) is 3.27. The molecule has 6 heteroatoms. The smallest absolute Gasteiger partial charge is 0.256 e.